The Hall–Kier alpha value is -1.24. The van der Waals surface area contributed by atoms with E-state index >= 15 is 0 Å². The molecule has 1 heterocycles. The first-order valence-corrected chi connectivity index (χ1v) is 6.08. The molecule has 1 aliphatic rings. The predicted octanol–water partition coefficient (Wildman–Crippen LogP) is 2.83. The Labute approximate surface area is 107 Å². The fourth-order valence-electron chi connectivity index (χ4n) is 2.18. The second kappa shape index (κ2) is 4.95. The lowest BCUT2D eigenvalue weighted by Gasteiger charge is -2.37. The van der Waals surface area contributed by atoms with E-state index in [1.807, 2.05) is 12.1 Å². The van der Waals surface area contributed by atoms with Crippen LogP contribution in [0.15, 0.2) is 18.2 Å². The second-order valence-electron chi connectivity index (χ2n) is 4.44. The number of hydrogen-bond acceptors (Lipinski definition) is 3. The van der Waals surface area contributed by atoms with Crippen molar-refractivity contribution in [1.82, 2.24) is 0 Å². The van der Waals surface area contributed by atoms with Gasteiger partial charge in [-0.2, -0.15) is 5.26 Å². The number of anilines is 1. The normalized spacial score (nSPS) is 24.5. The molecule has 1 saturated heterocycles. The van der Waals surface area contributed by atoms with Gasteiger partial charge >= 0.3 is 0 Å². The van der Waals surface area contributed by atoms with Crippen molar-refractivity contribution in [1.29, 1.82) is 5.26 Å². The van der Waals surface area contributed by atoms with Crippen molar-refractivity contribution in [3.05, 3.63) is 28.8 Å². The second-order valence-corrected chi connectivity index (χ2v) is 4.85. The third-order valence-corrected chi connectivity index (χ3v) is 3.17. The van der Waals surface area contributed by atoms with Crippen molar-refractivity contribution in [2.24, 2.45) is 0 Å². The minimum atomic E-state index is 0.216. The molecule has 2 rings (SSSR count). The van der Waals surface area contributed by atoms with E-state index in [0.29, 0.717) is 10.6 Å². The van der Waals surface area contributed by atoms with Crippen molar-refractivity contribution in [3.8, 4) is 6.07 Å². The smallest absolute Gasteiger partial charge is 0.101 e. The van der Waals surface area contributed by atoms with Gasteiger partial charge in [-0.25, -0.2) is 0 Å². The highest BCUT2D eigenvalue weighted by Gasteiger charge is 2.22. The van der Waals surface area contributed by atoms with Crippen LogP contribution in [0.25, 0.3) is 0 Å². The molecule has 0 amide bonds. The molecule has 1 aromatic rings. The largest absolute Gasteiger partial charge is 0.372 e. The number of halogens is 1. The van der Waals surface area contributed by atoms with E-state index in [0.717, 1.165) is 18.8 Å². The van der Waals surface area contributed by atoms with E-state index in [1.165, 1.54) is 0 Å². The summed E-state index contributed by atoms with van der Waals surface area (Å²) in [5.74, 6) is 0. The number of benzene rings is 1. The molecular weight excluding hydrogens is 236 g/mol. The van der Waals surface area contributed by atoms with Gasteiger partial charge in [-0.1, -0.05) is 11.6 Å². The summed E-state index contributed by atoms with van der Waals surface area (Å²) in [6.07, 6.45) is 0.432. The predicted molar refractivity (Wildman–Crippen MR) is 68.4 cm³/mol. The molecule has 1 aliphatic heterocycles. The van der Waals surface area contributed by atoms with Gasteiger partial charge in [0.2, 0.25) is 0 Å². The van der Waals surface area contributed by atoms with Gasteiger partial charge in [0.15, 0.2) is 0 Å². The molecular formula is C13H15ClN2O. The van der Waals surface area contributed by atoms with Gasteiger partial charge < -0.3 is 9.64 Å². The van der Waals surface area contributed by atoms with E-state index in [4.69, 9.17) is 21.6 Å². The summed E-state index contributed by atoms with van der Waals surface area (Å²) in [6.45, 7) is 5.83. The zero-order valence-electron chi connectivity index (χ0n) is 9.98. The SMILES string of the molecule is CC1CN(c2ccc(C#N)c(Cl)c2)CC(C)O1. The van der Waals surface area contributed by atoms with E-state index in [-0.39, 0.29) is 12.2 Å². The van der Waals surface area contributed by atoms with Gasteiger partial charge in [-0.3, -0.25) is 0 Å². The van der Waals surface area contributed by atoms with Crippen LogP contribution in [0.3, 0.4) is 0 Å². The topological polar surface area (TPSA) is 36.3 Å². The monoisotopic (exact) mass is 250 g/mol. The van der Waals surface area contributed by atoms with Crippen LogP contribution in [0.2, 0.25) is 5.02 Å². The Morgan fingerprint density at radius 2 is 2.00 bits per heavy atom. The van der Waals surface area contributed by atoms with Crippen LogP contribution in [0.1, 0.15) is 19.4 Å². The van der Waals surface area contributed by atoms with Crippen LogP contribution in [-0.4, -0.2) is 25.3 Å². The standard InChI is InChI=1S/C13H15ClN2O/c1-9-7-16(8-10(2)17-9)12-4-3-11(6-15)13(14)5-12/h3-5,9-10H,7-8H2,1-2H3. The molecule has 0 radical (unpaired) electrons. The van der Waals surface area contributed by atoms with Crippen LogP contribution < -0.4 is 4.90 Å². The number of morpholine rings is 1. The lowest BCUT2D eigenvalue weighted by atomic mass is 10.1. The van der Waals surface area contributed by atoms with Crippen LogP contribution in [-0.2, 0) is 4.74 Å². The first kappa shape index (κ1) is 12.2. The summed E-state index contributed by atoms with van der Waals surface area (Å²) in [7, 11) is 0. The third kappa shape index (κ3) is 2.71. The van der Waals surface area contributed by atoms with Crippen molar-refractivity contribution in [2.45, 2.75) is 26.1 Å². The number of rotatable bonds is 1. The summed E-state index contributed by atoms with van der Waals surface area (Å²) in [5, 5.41) is 9.35. The fraction of sp³-hybridized carbons (Fsp3) is 0.462. The molecule has 2 unspecified atom stereocenters. The highest BCUT2D eigenvalue weighted by molar-refractivity contribution is 6.32. The summed E-state index contributed by atoms with van der Waals surface area (Å²) in [4.78, 5) is 2.24. The van der Waals surface area contributed by atoms with Gasteiger partial charge in [-0.05, 0) is 32.0 Å². The van der Waals surface area contributed by atoms with Gasteiger partial charge in [0.25, 0.3) is 0 Å². The van der Waals surface area contributed by atoms with E-state index < -0.39 is 0 Å². The highest BCUT2D eigenvalue weighted by Crippen LogP contribution is 2.25. The molecule has 0 aliphatic carbocycles. The zero-order valence-corrected chi connectivity index (χ0v) is 10.7. The molecule has 3 nitrogen and oxygen atoms in total. The number of nitrogens with zero attached hydrogens (tertiary/aromatic N) is 2. The Morgan fingerprint density at radius 3 is 2.53 bits per heavy atom. The maximum absolute atomic E-state index is 8.84. The summed E-state index contributed by atoms with van der Waals surface area (Å²) in [5.41, 5.74) is 1.57. The summed E-state index contributed by atoms with van der Waals surface area (Å²) >= 11 is 6.04. The Morgan fingerprint density at radius 1 is 1.35 bits per heavy atom. The molecule has 0 spiro atoms. The van der Waals surface area contributed by atoms with E-state index in [2.05, 4.69) is 24.8 Å². The molecule has 1 aromatic carbocycles. The minimum absolute atomic E-state index is 0.216. The third-order valence-electron chi connectivity index (χ3n) is 2.86. The van der Waals surface area contributed by atoms with E-state index in [1.54, 1.807) is 6.07 Å². The lowest BCUT2D eigenvalue weighted by molar-refractivity contribution is -0.00521. The van der Waals surface area contributed by atoms with Gasteiger partial charge in [0.05, 0.1) is 22.8 Å². The van der Waals surface area contributed by atoms with Crippen LogP contribution >= 0.6 is 11.6 Å². The number of nitriles is 1. The highest BCUT2D eigenvalue weighted by atomic mass is 35.5. The Kier molecular flexibility index (Phi) is 3.56. The minimum Gasteiger partial charge on any atom is -0.372 e. The molecule has 17 heavy (non-hydrogen) atoms. The van der Waals surface area contributed by atoms with Crippen LogP contribution in [0.5, 0.6) is 0 Å². The van der Waals surface area contributed by atoms with Gasteiger partial charge in [-0.15, -0.1) is 0 Å². The summed E-state index contributed by atoms with van der Waals surface area (Å²) in [6, 6.07) is 7.63. The molecule has 0 bridgehead atoms. The average molecular weight is 251 g/mol. The average Bonchev–Trinajstić information content (AvgIpc) is 2.27. The first-order valence-electron chi connectivity index (χ1n) is 5.70. The molecule has 0 N–H and O–H groups in total. The Bertz CT molecular complexity index is 445. The van der Waals surface area contributed by atoms with Crippen LogP contribution in [0, 0.1) is 11.3 Å². The maximum Gasteiger partial charge on any atom is 0.101 e. The number of ether oxygens (including phenoxy) is 1. The summed E-state index contributed by atoms with van der Waals surface area (Å²) < 4.78 is 5.69. The molecule has 0 saturated carbocycles. The molecule has 90 valence electrons. The van der Waals surface area contributed by atoms with Crippen molar-refractivity contribution < 1.29 is 4.74 Å². The first-order chi connectivity index (χ1) is 8.10. The van der Waals surface area contributed by atoms with E-state index in [9.17, 15) is 0 Å². The maximum atomic E-state index is 8.84. The van der Waals surface area contributed by atoms with Crippen molar-refractivity contribution >= 4 is 17.3 Å². The number of hydrogen-bond donors (Lipinski definition) is 0. The Balaban J connectivity index is 2.22. The van der Waals surface area contributed by atoms with Gasteiger partial charge in [0.1, 0.15) is 6.07 Å². The molecule has 2 atom stereocenters. The van der Waals surface area contributed by atoms with Crippen molar-refractivity contribution in [2.75, 3.05) is 18.0 Å². The van der Waals surface area contributed by atoms with Crippen molar-refractivity contribution in [3.63, 3.8) is 0 Å². The lowest BCUT2D eigenvalue weighted by Crippen LogP contribution is -2.45. The quantitative estimate of drug-likeness (QED) is 0.769. The molecule has 1 fully saturated rings. The zero-order chi connectivity index (χ0) is 12.4. The van der Waals surface area contributed by atoms with Gasteiger partial charge in [0, 0.05) is 18.8 Å². The fourth-order valence-corrected chi connectivity index (χ4v) is 2.40. The molecule has 0 aromatic heterocycles. The van der Waals surface area contributed by atoms with Crippen LogP contribution in [0.4, 0.5) is 5.69 Å². The molecule has 4 heteroatoms.